The number of ether oxygens (including phenoxy) is 1. The highest BCUT2D eigenvalue weighted by atomic mass is 35.5. The molecule has 2 N–H and O–H groups in total. The maximum atomic E-state index is 12.1. The molecule has 0 spiro atoms. The summed E-state index contributed by atoms with van der Waals surface area (Å²) < 4.78 is 4.65. The van der Waals surface area contributed by atoms with Crippen molar-refractivity contribution in [3.63, 3.8) is 0 Å². The second kappa shape index (κ2) is 8.76. The van der Waals surface area contributed by atoms with Crippen LogP contribution in [0, 0.1) is 0 Å². The molecular formula is C16H23ClN2O3. The predicted molar refractivity (Wildman–Crippen MR) is 87.1 cm³/mol. The highest BCUT2D eigenvalue weighted by molar-refractivity contribution is 5.89. The fraction of sp³-hybridized carbons (Fsp3) is 0.500. The van der Waals surface area contributed by atoms with Crippen LogP contribution >= 0.6 is 12.4 Å². The molecule has 1 atom stereocenters. The zero-order valence-electron chi connectivity index (χ0n) is 12.8. The molecule has 1 aliphatic rings. The van der Waals surface area contributed by atoms with Crippen LogP contribution in [0.25, 0.3) is 0 Å². The third kappa shape index (κ3) is 5.00. The minimum absolute atomic E-state index is 0. The molecule has 1 aliphatic heterocycles. The van der Waals surface area contributed by atoms with Crippen LogP contribution < -0.4 is 5.73 Å². The number of rotatable bonds is 4. The number of likely N-dealkylation sites (tertiary alicyclic amines) is 1. The average Bonchev–Trinajstić information content (AvgIpc) is 2.52. The van der Waals surface area contributed by atoms with E-state index in [4.69, 9.17) is 5.73 Å². The zero-order valence-corrected chi connectivity index (χ0v) is 13.6. The van der Waals surface area contributed by atoms with Crippen LogP contribution in [0.3, 0.4) is 0 Å². The Labute approximate surface area is 137 Å². The van der Waals surface area contributed by atoms with Gasteiger partial charge < -0.3 is 15.4 Å². The predicted octanol–water partition coefficient (Wildman–Crippen LogP) is 1.78. The molecule has 122 valence electrons. The Balaban J connectivity index is 0.00000242. The van der Waals surface area contributed by atoms with Crippen LogP contribution in [0.15, 0.2) is 24.3 Å². The van der Waals surface area contributed by atoms with Crippen molar-refractivity contribution in [1.82, 2.24) is 4.90 Å². The number of halogens is 1. The standard InChI is InChI=1S/C16H22N2O3.ClH/c1-21-16(20)13-7-4-12(5-8-13)6-9-15(19)18-10-2-3-14(17)11-18;/h4-5,7-8,14H,2-3,6,9-11,17H2,1H3;1H. The van der Waals surface area contributed by atoms with E-state index in [0.717, 1.165) is 24.9 Å². The van der Waals surface area contributed by atoms with E-state index in [1.807, 2.05) is 17.0 Å². The van der Waals surface area contributed by atoms with Gasteiger partial charge in [-0.3, -0.25) is 4.79 Å². The summed E-state index contributed by atoms with van der Waals surface area (Å²) in [6.45, 7) is 1.48. The quantitative estimate of drug-likeness (QED) is 0.856. The Hall–Kier alpha value is -1.59. The molecule has 1 aromatic rings. The van der Waals surface area contributed by atoms with E-state index < -0.39 is 0 Å². The number of carbonyl (C=O) groups is 2. The van der Waals surface area contributed by atoms with Gasteiger partial charge in [0.2, 0.25) is 5.91 Å². The maximum Gasteiger partial charge on any atom is 0.337 e. The summed E-state index contributed by atoms with van der Waals surface area (Å²) in [6.07, 6.45) is 3.13. The molecule has 1 amide bonds. The molecule has 5 nitrogen and oxygen atoms in total. The number of nitrogens with zero attached hydrogens (tertiary/aromatic N) is 1. The van der Waals surface area contributed by atoms with Crippen molar-refractivity contribution in [3.05, 3.63) is 35.4 Å². The average molecular weight is 327 g/mol. The summed E-state index contributed by atoms with van der Waals surface area (Å²) in [5.74, 6) is -0.192. The molecule has 2 rings (SSSR count). The third-order valence-electron chi connectivity index (χ3n) is 3.81. The van der Waals surface area contributed by atoms with Gasteiger partial charge in [-0.15, -0.1) is 12.4 Å². The molecule has 0 radical (unpaired) electrons. The van der Waals surface area contributed by atoms with Crippen LogP contribution in [0.5, 0.6) is 0 Å². The number of hydrogen-bond donors (Lipinski definition) is 1. The smallest absolute Gasteiger partial charge is 0.337 e. The fourth-order valence-corrected chi connectivity index (χ4v) is 2.57. The second-order valence-electron chi connectivity index (χ2n) is 5.43. The van der Waals surface area contributed by atoms with E-state index in [1.54, 1.807) is 12.1 Å². The van der Waals surface area contributed by atoms with Gasteiger partial charge in [-0.25, -0.2) is 4.79 Å². The van der Waals surface area contributed by atoms with E-state index in [-0.39, 0.29) is 30.3 Å². The van der Waals surface area contributed by atoms with Gasteiger partial charge in [0.25, 0.3) is 0 Å². The Morgan fingerprint density at radius 2 is 2.00 bits per heavy atom. The highest BCUT2D eigenvalue weighted by Gasteiger charge is 2.20. The van der Waals surface area contributed by atoms with Crippen molar-refractivity contribution in [2.75, 3.05) is 20.2 Å². The lowest BCUT2D eigenvalue weighted by Gasteiger charge is -2.30. The number of piperidine rings is 1. The van der Waals surface area contributed by atoms with Crippen molar-refractivity contribution in [1.29, 1.82) is 0 Å². The van der Waals surface area contributed by atoms with Crippen LogP contribution in [0.1, 0.15) is 35.2 Å². The van der Waals surface area contributed by atoms with Gasteiger partial charge in [0, 0.05) is 25.6 Å². The number of carbonyl (C=O) groups excluding carboxylic acids is 2. The Kier molecular flexibility index (Phi) is 7.35. The number of hydrogen-bond acceptors (Lipinski definition) is 4. The molecular weight excluding hydrogens is 304 g/mol. The van der Waals surface area contributed by atoms with E-state index >= 15 is 0 Å². The maximum absolute atomic E-state index is 12.1. The lowest BCUT2D eigenvalue weighted by molar-refractivity contribution is -0.132. The summed E-state index contributed by atoms with van der Waals surface area (Å²) in [5, 5.41) is 0. The molecule has 0 bridgehead atoms. The molecule has 1 aromatic carbocycles. The molecule has 0 aliphatic carbocycles. The third-order valence-corrected chi connectivity index (χ3v) is 3.81. The molecule has 22 heavy (non-hydrogen) atoms. The van der Waals surface area contributed by atoms with E-state index in [2.05, 4.69) is 4.74 Å². The number of methoxy groups -OCH3 is 1. The second-order valence-corrected chi connectivity index (χ2v) is 5.43. The van der Waals surface area contributed by atoms with Crippen LogP contribution in [0.4, 0.5) is 0 Å². The molecule has 0 saturated carbocycles. The van der Waals surface area contributed by atoms with Crippen molar-refractivity contribution < 1.29 is 14.3 Å². The summed E-state index contributed by atoms with van der Waals surface area (Å²) in [4.78, 5) is 25.3. The van der Waals surface area contributed by atoms with Gasteiger partial charge in [-0.2, -0.15) is 0 Å². The van der Waals surface area contributed by atoms with Crippen LogP contribution in [-0.4, -0.2) is 43.0 Å². The summed E-state index contributed by atoms with van der Waals surface area (Å²) in [6, 6.07) is 7.29. The number of nitrogens with two attached hydrogens (primary N) is 1. The zero-order chi connectivity index (χ0) is 15.2. The fourth-order valence-electron chi connectivity index (χ4n) is 2.57. The van der Waals surface area contributed by atoms with Gasteiger partial charge in [0.05, 0.1) is 12.7 Å². The molecule has 1 saturated heterocycles. The summed E-state index contributed by atoms with van der Waals surface area (Å²) >= 11 is 0. The van der Waals surface area contributed by atoms with E-state index in [0.29, 0.717) is 24.9 Å². The SMILES string of the molecule is COC(=O)c1ccc(CCC(=O)N2CCCC(N)C2)cc1.Cl. The Morgan fingerprint density at radius 3 is 2.59 bits per heavy atom. The van der Waals surface area contributed by atoms with Gasteiger partial charge in [-0.05, 0) is 37.0 Å². The van der Waals surface area contributed by atoms with Crippen molar-refractivity contribution in [2.45, 2.75) is 31.7 Å². The normalized spacial score (nSPS) is 17.5. The van der Waals surface area contributed by atoms with Crippen LogP contribution in [-0.2, 0) is 16.0 Å². The first kappa shape index (κ1) is 18.5. The first-order chi connectivity index (χ1) is 10.1. The Bertz CT molecular complexity index is 505. The largest absolute Gasteiger partial charge is 0.465 e. The minimum atomic E-state index is -0.347. The van der Waals surface area contributed by atoms with Gasteiger partial charge >= 0.3 is 5.97 Å². The first-order valence-electron chi connectivity index (χ1n) is 7.30. The first-order valence-corrected chi connectivity index (χ1v) is 7.30. The van der Waals surface area contributed by atoms with Crippen LogP contribution in [0.2, 0.25) is 0 Å². The lowest BCUT2D eigenvalue weighted by atomic mass is 10.0. The molecule has 1 unspecified atom stereocenters. The molecule has 6 heteroatoms. The van der Waals surface area contributed by atoms with Crippen molar-refractivity contribution >= 4 is 24.3 Å². The van der Waals surface area contributed by atoms with Gasteiger partial charge in [0.15, 0.2) is 0 Å². The monoisotopic (exact) mass is 326 g/mol. The Morgan fingerprint density at radius 1 is 1.32 bits per heavy atom. The van der Waals surface area contributed by atoms with E-state index in [9.17, 15) is 9.59 Å². The topological polar surface area (TPSA) is 72.6 Å². The summed E-state index contributed by atoms with van der Waals surface area (Å²) in [5.41, 5.74) is 7.45. The number of esters is 1. The number of aryl methyl sites for hydroxylation is 1. The molecule has 1 heterocycles. The van der Waals surface area contributed by atoms with E-state index in [1.165, 1.54) is 7.11 Å². The van der Waals surface area contributed by atoms with Gasteiger partial charge in [0.1, 0.15) is 0 Å². The molecule has 0 aromatic heterocycles. The number of amides is 1. The van der Waals surface area contributed by atoms with Crippen molar-refractivity contribution in [2.24, 2.45) is 5.73 Å². The minimum Gasteiger partial charge on any atom is -0.465 e. The van der Waals surface area contributed by atoms with Crippen molar-refractivity contribution in [3.8, 4) is 0 Å². The highest BCUT2D eigenvalue weighted by Crippen LogP contribution is 2.12. The van der Waals surface area contributed by atoms with Gasteiger partial charge in [-0.1, -0.05) is 12.1 Å². The summed E-state index contributed by atoms with van der Waals surface area (Å²) in [7, 11) is 1.36. The lowest BCUT2D eigenvalue weighted by Crippen LogP contribution is -2.45. The molecule has 1 fully saturated rings. The number of benzene rings is 1.